The maximum absolute atomic E-state index is 14.2. The summed E-state index contributed by atoms with van der Waals surface area (Å²) >= 11 is 0. The largest absolute Gasteiger partial charge is 0.335 e. The van der Waals surface area contributed by atoms with E-state index in [1.807, 2.05) is 24.3 Å². The van der Waals surface area contributed by atoms with E-state index in [9.17, 15) is 18.0 Å². The van der Waals surface area contributed by atoms with Gasteiger partial charge in [0.1, 0.15) is 5.69 Å². The van der Waals surface area contributed by atoms with Crippen LogP contribution in [0.15, 0.2) is 24.3 Å². The lowest BCUT2D eigenvalue weighted by Crippen LogP contribution is -2.34. The molecule has 4 nitrogen and oxygen atoms in total. The Morgan fingerprint density at radius 2 is 1.96 bits per heavy atom. The summed E-state index contributed by atoms with van der Waals surface area (Å²) in [7, 11) is 1.26. The van der Waals surface area contributed by atoms with E-state index >= 15 is 0 Å². The van der Waals surface area contributed by atoms with Crippen LogP contribution in [0.5, 0.6) is 0 Å². The molecule has 146 valence electrons. The fraction of sp³-hybridized carbons (Fsp3) is 0.500. The third-order valence-corrected chi connectivity index (χ3v) is 4.96. The zero-order chi connectivity index (χ0) is 19.7. The van der Waals surface area contributed by atoms with Crippen LogP contribution in [0.2, 0.25) is 0 Å². The molecule has 0 bridgehead atoms. The minimum absolute atomic E-state index is 0.0902. The molecule has 3 rings (SSSR count). The third kappa shape index (κ3) is 4.17. The summed E-state index contributed by atoms with van der Waals surface area (Å²) in [6.45, 7) is 4.58. The maximum Gasteiger partial charge on any atom is 0.282 e. The molecule has 27 heavy (non-hydrogen) atoms. The summed E-state index contributed by atoms with van der Waals surface area (Å²) in [6, 6.07) is 7.99. The van der Waals surface area contributed by atoms with Gasteiger partial charge in [0.2, 0.25) is 11.9 Å². The molecular formula is C20H24F3N3O. The number of hydrogen-bond acceptors (Lipinski definition) is 2. The van der Waals surface area contributed by atoms with Gasteiger partial charge in [-0.15, -0.1) is 0 Å². The molecule has 0 radical (unpaired) electrons. The van der Waals surface area contributed by atoms with Crippen molar-refractivity contribution in [1.82, 2.24) is 14.7 Å². The minimum Gasteiger partial charge on any atom is -0.335 e. The quantitative estimate of drug-likeness (QED) is 0.717. The highest BCUT2D eigenvalue weighted by Gasteiger charge is 2.35. The van der Waals surface area contributed by atoms with Crippen LogP contribution in [0.3, 0.4) is 0 Å². The lowest BCUT2D eigenvalue weighted by atomic mass is 9.97. The Morgan fingerprint density at radius 1 is 1.30 bits per heavy atom. The average Bonchev–Trinajstić information content (AvgIpc) is 3.42. The van der Waals surface area contributed by atoms with Crippen LogP contribution in [0.4, 0.5) is 13.2 Å². The van der Waals surface area contributed by atoms with E-state index in [1.165, 1.54) is 7.05 Å². The fourth-order valence-electron chi connectivity index (χ4n) is 3.39. The van der Waals surface area contributed by atoms with Gasteiger partial charge >= 0.3 is 0 Å². The number of hydrogen-bond donors (Lipinski definition) is 0. The highest BCUT2D eigenvalue weighted by Crippen LogP contribution is 2.32. The van der Waals surface area contributed by atoms with Crippen molar-refractivity contribution in [2.45, 2.75) is 58.0 Å². The summed E-state index contributed by atoms with van der Waals surface area (Å²) in [4.78, 5) is 14.6. The Morgan fingerprint density at radius 3 is 2.56 bits per heavy atom. The smallest absolute Gasteiger partial charge is 0.282 e. The Hall–Kier alpha value is -2.31. The molecule has 1 aromatic carbocycles. The first-order valence-corrected chi connectivity index (χ1v) is 9.16. The molecular weight excluding hydrogens is 355 g/mol. The van der Waals surface area contributed by atoms with Gasteiger partial charge in [0, 0.05) is 25.2 Å². The molecule has 1 heterocycles. The number of amides is 1. The molecule has 0 atom stereocenters. The van der Waals surface area contributed by atoms with Crippen molar-refractivity contribution in [3.05, 3.63) is 52.6 Å². The second-order valence-electron chi connectivity index (χ2n) is 7.36. The first-order chi connectivity index (χ1) is 12.8. The molecule has 1 aliphatic carbocycles. The first kappa shape index (κ1) is 19.5. The second kappa shape index (κ2) is 7.74. The molecule has 2 aromatic rings. The maximum atomic E-state index is 14.2. The lowest BCUT2D eigenvalue weighted by molar-refractivity contribution is -0.131. The van der Waals surface area contributed by atoms with E-state index in [1.54, 1.807) is 4.90 Å². The summed E-state index contributed by atoms with van der Waals surface area (Å²) in [5.74, 6) is -0.916. The number of carbonyl (C=O) groups is 1. The van der Waals surface area contributed by atoms with Gasteiger partial charge in [-0.1, -0.05) is 38.1 Å². The van der Waals surface area contributed by atoms with Crippen LogP contribution in [0, 0.1) is 5.95 Å². The number of carbonyl (C=O) groups excluding carboxylic acids is 1. The Kier molecular flexibility index (Phi) is 5.58. The van der Waals surface area contributed by atoms with Gasteiger partial charge in [-0.2, -0.15) is 9.49 Å². The Bertz CT molecular complexity index is 828. The van der Waals surface area contributed by atoms with Gasteiger partial charge < -0.3 is 4.90 Å². The molecule has 1 aliphatic rings. The van der Waals surface area contributed by atoms with Gasteiger partial charge in [0.05, 0.1) is 6.42 Å². The number of nitrogens with zero attached hydrogens (tertiary/aromatic N) is 3. The highest BCUT2D eigenvalue weighted by atomic mass is 19.3. The van der Waals surface area contributed by atoms with Crippen molar-refractivity contribution < 1.29 is 18.0 Å². The third-order valence-electron chi connectivity index (χ3n) is 4.96. The molecule has 1 fully saturated rings. The number of benzene rings is 1. The van der Waals surface area contributed by atoms with Gasteiger partial charge in [-0.05, 0) is 29.9 Å². The zero-order valence-corrected chi connectivity index (χ0v) is 15.8. The fourth-order valence-corrected chi connectivity index (χ4v) is 3.39. The van der Waals surface area contributed by atoms with Crippen molar-refractivity contribution >= 4 is 5.91 Å². The van der Waals surface area contributed by atoms with E-state index in [4.69, 9.17) is 0 Å². The van der Waals surface area contributed by atoms with Crippen molar-refractivity contribution in [2.24, 2.45) is 7.05 Å². The molecule has 0 N–H and O–H groups in total. The van der Waals surface area contributed by atoms with Crippen molar-refractivity contribution in [3.63, 3.8) is 0 Å². The van der Waals surface area contributed by atoms with Crippen LogP contribution in [0.25, 0.3) is 0 Å². The van der Waals surface area contributed by atoms with E-state index in [-0.39, 0.29) is 17.5 Å². The predicted octanol–water partition coefficient (Wildman–Crippen LogP) is 4.35. The molecule has 0 saturated heterocycles. The van der Waals surface area contributed by atoms with Crippen LogP contribution < -0.4 is 0 Å². The lowest BCUT2D eigenvalue weighted by Gasteiger charge is -2.25. The number of alkyl halides is 2. The standard InChI is InChI=1S/C20H24F3N3O/c1-12(2)15-7-5-4-6-13(15)11-26(14-8-9-14)17(27)10-16-18(19(21)22)24-25(3)20(16)23/h4-7,12,14,19H,8-11H2,1-3H3. The number of aromatic nitrogens is 2. The Labute approximate surface area is 157 Å². The van der Waals surface area contributed by atoms with Crippen molar-refractivity contribution in [3.8, 4) is 0 Å². The normalized spacial score (nSPS) is 14.2. The monoisotopic (exact) mass is 379 g/mol. The Balaban J connectivity index is 1.84. The molecule has 1 aromatic heterocycles. The molecule has 7 heteroatoms. The van der Waals surface area contributed by atoms with Gasteiger partial charge in [-0.3, -0.25) is 4.79 Å². The second-order valence-corrected chi connectivity index (χ2v) is 7.36. The molecule has 0 aliphatic heterocycles. The summed E-state index contributed by atoms with van der Waals surface area (Å²) in [6.07, 6.45) is -1.56. The zero-order valence-electron chi connectivity index (χ0n) is 15.8. The van der Waals surface area contributed by atoms with Gasteiger partial charge in [0.15, 0.2) is 0 Å². The van der Waals surface area contributed by atoms with Gasteiger partial charge in [-0.25, -0.2) is 13.5 Å². The van der Waals surface area contributed by atoms with E-state index in [0.29, 0.717) is 12.5 Å². The van der Waals surface area contributed by atoms with Crippen LogP contribution in [-0.4, -0.2) is 26.6 Å². The van der Waals surface area contributed by atoms with E-state index < -0.39 is 24.5 Å². The first-order valence-electron chi connectivity index (χ1n) is 9.16. The van der Waals surface area contributed by atoms with Crippen molar-refractivity contribution in [1.29, 1.82) is 0 Å². The molecule has 1 saturated carbocycles. The summed E-state index contributed by atoms with van der Waals surface area (Å²) in [5, 5.41) is 3.52. The highest BCUT2D eigenvalue weighted by molar-refractivity contribution is 5.79. The number of halogens is 3. The molecule has 1 amide bonds. The van der Waals surface area contributed by atoms with Gasteiger partial charge in [0.25, 0.3) is 6.43 Å². The van der Waals surface area contributed by atoms with Crippen LogP contribution in [0.1, 0.15) is 61.4 Å². The van der Waals surface area contributed by atoms with Crippen molar-refractivity contribution in [2.75, 3.05) is 0 Å². The molecule has 0 spiro atoms. The molecule has 0 unspecified atom stereocenters. The number of aryl methyl sites for hydroxylation is 1. The minimum atomic E-state index is -2.92. The predicted molar refractivity (Wildman–Crippen MR) is 95.9 cm³/mol. The van der Waals surface area contributed by atoms with Crippen LogP contribution in [-0.2, 0) is 24.8 Å². The summed E-state index contributed by atoms with van der Waals surface area (Å²) < 4.78 is 41.3. The summed E-state index contributed by atoms with van der Waals surface area (Å²) in [5.41, 5.74) is 1.23. The average molecular weight is 379 g/mol. The SMILES string of the molecule is CC(C)c1ccccc1CN(C(=O)Cc1c(C(F)F)nn(C)c1F)C1CC1. The van der Waals surface area contributed by atoms with Crippen LogP contribution >= 0.6 is 0 Å². The van der Waals surface area contributed by atoms with E-state index in [2.05, 4.69) is 18.9 Å². The van der Waals surface area contributed by atoms with E-state index in [0.717, 1.165) is 28.7 Å². The number of rotatable bonds is 7. The topological polar surface area (TPSA) is 38.1 Å².